The standard InChI is InChI=1S/C11H13F3O2/c1-16-10-7-9(11(12,13)14)5-4-8(10)3-2-6-15/h4-5,7,15H,2-3,6H2,1H3. The molecule has 0 atom stereocenters. The van der Waals surface area contributed by atoms with Gasteiger partial charge >= 0.3 is 6.18 Å². The number of halogens is 3. The van der Waals surface area contributed by atoms with Crippen LogP contribution in [0, 0.1) is 0 Å². The van der Waals surface area contributed by atoms with Gasteiger partial charge in [-0.15, -0.1) is 0 Å². The summed E-state index contributed by atoms with van der Waals surface area (Å²) in [5.41, 5.74) is -0.0540. The van der Waals surface area contributed by atoms with Gasteiger partial charge in [0, 0.05) is 6.61 Å². The lowest BCUT2D eigenvalue weighted by molar-refractivity contribution is -0.137. The van der Waals surface area contributed by atoms with Crippen LogP contribution < -0.4 is 4.74 Å². The Bertz CT molecular complexity index is 348. The van der Waals surface area contributed by atoms with Crippen LogP contribution in [0.15, 0.2) is 18.2 Å². The predicted molar refractivity (Wildman–Crippen MR) is 53.4 cm³/mol. The molecule has 1 rings (SSSR count). The number of methoxy groups -OCH3 is 1. The summed E-state index contributed by atoms with van der Waals surface area (Å²) in [6, 6.07) is 3.39. The van der Waals surface area contributed by atoms with E-state index in [9.17, 15) is 13.2 Å². The third-order valence-corrected chi connectivity index (χ3v) is 2.22. The van der Waals surface area contributed by atoms with Crippen LogP contribution in [0.2, 0.25) is 0 Å². The lowest BCUT2D eigenvalue weighted by Gasteiger charge is -2.12. The number of aliphatic hydroxyl groups excluding tert-OH is 1. The summed E-state index contributed by atoms with van der Waals surface area (Å²) in [6.45, 7) is 0.00414. The first kappa shape index (κ1) is 12.8. The number of ether oxygens (including phenoxy) is 1. The number of hydrogen-bond acceptors (Lipinski definition) is 2. The molecule has 16 heavy (non-hydrogen) atoms. The normalized spacial score (nSPS) is 11.6. The number of hydrogen-bond donors (Lipinski definition) is 1. The average molecular weight is 234 g/mol. The molecule has 0 bridgehead atoms. The van der Waals surface area contributed by atoms with Gasteiger partial charge in [0.1, 0.15) is 5.75 Å². The summed E-state index contributed by atoms with van der Waals surface area (Å²) in [7, 11) is 1.33. The molecule has 0 aliphatic rings. The zero-order chi connectivity index (χ0) is 12.2. The molecule has 0 fully saturated rings. The lowest BCUT2D eigenvalue weighted by Crippen LogP contribution is -2.06. The molecule has 1 N–H and O–H groups in total. The third-order valence-electron chi connectivity index (χ3n) is 2.22. The van der Waals surface area contributed by atoms with E-state index in [1.54, 1.807) is 0 Å². The summed E-state index contributed by atoms with van der Waals surface area (Å²) in [6.07, 6.45) is -3.36. The van der Waals surface area contributed by atoms with Crippen LogP contribution in [0.1, 0.15) is 17.5 Å². The summed E-state index contributed by atoms with van der Waals surface area (Å²) >= 11 is 0. The van der Waals surface area contributed by atoms with Crippen LogP contribution in [0.3, 0.4) is 0 Å². The minimum Gasteiger partial charge on any atom is -0.496 e. The first-order valence-corrected chi connectivity index (χ1v) is 4.84. The van der Waals surface area contributed by atoms with Gasteiger partial charge in [0.25, 0.3) is 0 Å². The summed E-state index contributed by atoms with van der Waals surface area (Å²) < 4.78 is 42.1. The van der Waals surface area contributed by atoms with Gasteiger partial charge in [0.2, 0.25) is 0 Å². The van der Waals surface area contributed by atoms with Gasteiger partial charge in [-0.25, -0.2) is 0 Å². The van der Waals surface area contributed by atoms with Gasteiger partial charge in [-0.2, -0.15) is 13.2 Å². The Morgan fingerprint density at radius 2 is 2.00 bits per heavy atom. The van der Waals surface area contributed by atoms with Gasteiger partial charge in [-0.05, 0) is 30.5 Å². The molecular formula is C11H13F3O2. The Kier molecular flexibility index (Phi) is 4.18. The minimum atomic E-state index is -4.36. The van der Waals surface area contributed by atoms with Crippen LogP contribution >= 0.6 is 0 Å². The van der Waals surface area contributed by atoms with Gasteiger partial charge < -0.3 is 9.84 Å². The third kappa shape index (κ3) is 3.13. The van der Waals surface area contributed by atoms with Crippen LogP contribution in [0.25, 0.3) is 0 Å². The highest BCUT2D eigenvalue weighted by molar-refractivity contribution is 5.38. The quantitative estimate of drug-likeness (QED) is 0.867. The second-order valence-electron chi connectivity index (χ2n) is 3.35. The van der Waals surface area contributed by atoms with E-state index in [4.69, 9.17) is 9.84 Å². The SMILES string of the molecule is COc1cc(C(F)(F)F)ccc1CCCO. The van der Waals surface area contributed by atoms with E-state index in [1.165, 1.54) is 13.2 Å². The highest BCUT2D eigenvalue weighted by Gasteiger charge is 2.31. The second-order valence-corrected chi connectivity index (χ2v) is 3.35. The Labute approximate surface area is 91.7 Å². The number of aliphatic hydroxyl groups is 1. The molecule has 0 amide bonds. The summed E-state index contributed by atoms with van der Waals surface area (Å²) in [5.74, 6) is 0.211. The van der Waals surface area contributed by atoms with E-state index >= 15 is 0 Å². The van der Waals surface area contributed by atoms with E-state index in [0.29, 0.717) is 18.4 Å². The number of rotatable bonds is 4. The molecule has 0 saturated carbocycles. The van der Waals surface area contributed by atoms with Crippen LogP contribution in [-0.2, 0) is 12.6 Å². The van der Waals surface area contributed by atoms with Crippen molar-refractivity contribution in [3.63, 3.8) is 0 Å². The average Bonchev–Trinajstić information content (AvgIpc) is 2.24. The fourth-order valence-electron chi connectivity index (χ4n) is 1.40. The molecule has 1 aromatic rings. The minimum absolute atomic E-state index is 0.00414. The van der Waals surface area contributed by atoms with Crippen molar-refractivity contribution in [2.45, 2.75) is 19.0 Å². The largest absolute Gasteiger partial charge is 0.496 e. The highest BCUT2D eigenvalue weighted by Crippen LogP contribution is 2.33. The predicted octanol–water partition coefficient (Wildman–Crippen LogP) is 2.64. The molecule has 2 nitrogen and oxygen atoms in total. The van der Waals surface area contributed by atoms with Crippen LogP contribution in [-0.4, -0.2) is 18.8 Å². The number of aryl methyl sites for hydroxylation is 1. The first-order valence-electron chi connectivity index (χ1n) is 4.84. The highest BCUT2D eigenvalue weighted by atomic mass is 19.4. The molecule has 90 valence electrons. The Hall–Kier alpha value is -1.23. The van der Waals surface area contributed by atoms with Crippen molar-refractivity contribution in [3.05, 3.63) is 29.3 Å². The van der Waals surface area contributed by atoms with E-state index in [0.717, 1.165) is 12.1 Å². The summed E-state index contributed by atoms with van der Waals surface area (Å²) in [4.78, 5) is 0. The molecule has 0 aliphatic carbocycles. The zero-order valence-corrected chi connectivity index (χ0v) is 8.84. The molecule has 0 aliphatic heterocycles. The van der Waals surface area contributed by atoms with Crippen molar-refractivity contribution >= 4 is 0 Å². The molecule has 5 heteroatoms. The number of alkyl halides is 3. The van der Waals surface area contributed by atoms with Crippen molar-refractivity contribution < 1.29 is 23.0 Å². The molecule has 0 spiro atoms. The topological polar surface area (TPSA) is 29.5 Å². The van der Waals surface area contributed by atoms with Gasteiger partial charge in [0.15, 0.2) is 0 Å². The van der Waals surface area contributed by atoms with Crippen molar-refractivity contribution in [3.8, 4) is 5.75 Å². The van der Waals surface area contributed by atoms with Gasteiger partial charge in [-0.1, -0.05) is 6.07 Å². The maximum Gasteiger partial charge on any atom is 0.416 e. The fourth-order valence-corrected chi connectivity index (χ4v) is 1.40. The number of benzene rings is 1. The van der Waals surface area contributed by atoms with E-state index in [2.05, 4.69) is 0 Å². The van der Waals surface area contributed by atoms with E-state index < -0.39 is 11.7 Å². The fraction of sp³-hybridized carbons (Fsp3) is 0.455. The van der Waals surface area contributed by atoms with E-state index in [-0.39, 0.29) is 12.4 Å². The maximum atomic E-state index is 12.4. The first-order chi connectivity index (χ1) is 7.49. The lowest BCUT2D eigenvalue weighted by atomic mass is 10.1. The second kappa shape index (κ2) is 5.21. The van der Waals surface area contributed by atoms with Crippen molar-refractivity contribution in [2.75, 3.05) is 13.7 Å². The van der Waals surface area contributed by atoms with Gasteiger partial charge in [0.05, 0.1) is 12.7 Å². The molecule has 0 saturated heterocycles. The van der Waals surface area contributed by atoms with Crippen molar-refractivity contribution in [1.82, 2.24) is 0 Å². The molecule has 0 radical (unpaired) electrons. The molecule has 0 aromatic heterocycles. The van der Waals surface area contributed by atoms with Crippen LogP contribution in [0.5, 0.6) is 5.75 Å². The Balaban J connectivity index is 2.97. The van der Waals surface area contributed by atoms with Crippen molar-refractivity contribution in [2.24, 2.45) is 0 Å². The molecule has 0 heterocycles. The van der Waals surface area contributed by atoms with Crippen LogP contribution in [0.4, 0.5) is 13.2 Å². The van der Waals surface area contributed by atoms with E-state index in [1.807, 2.05) is 0 Å². The Morgan fingerprint density at radius 1 is 1.31 bits per heavy atom. The maximum absolute atomic E-state index is 12.4. The zero-order valence-electron chi connectivity index (χ0n) is 8.84. The Morgan fingerprint density at radius 3 is 2.50 bits per heavy atom. The smallest absolute Gasteiger partial charge is 0.416 e. The monoisotopic (exact) mass is 234 g/mol. The molecule has 1 aromatic carbocycles. The van der Waals surface area contributed by atoms with Gasteiger partial charge in [-0.3, -0.25) is 0 Å². The summed E-state index contributed by atoms with van der Waals surface area (Å²) in [5, 5.41) is 8.65. The molecule has 0 unspecified atom stereocenters. The van der Waals surface area contributed by atoms with Crippen molar-refractivity contribution in [1.29, 1.82) is 0 Å². The molecular weight excluding hydrogens is 221 g/mol.